The van der Waals surface area contributed by atoms with Crippen LogP contribution in [0.3, 0.4) is 0 Å². The number of rotatable bonds is 10. The van der Waals surface area contributed by atoms with E-state index in [1.807, 2.05) is 45.0 Å². The molecule has 1 aliphatic rings. The van der Waals surface area contributed by atoms with Crippen molar-refractivity contribution in [2.24, 2.45) is 0 Å². The molecule has 2 amide bonds. The van der Waals surface area contributed by atoms with Crippen molar-refractivity contribution >= 4 is 6.03 Å². The van der Waals surface area contributed by atoms with Gasteiger partial charge in [-0.25, -0.2) is 13.9 Å². The third-order valence-electron chi connectivity index (χ3n) is 6.24. The Morgan fingerprint density at radius 1 is 1.25 bits per heavy atom. The number of amides is 2. The van der Waals surface area contributed by atoms with Crippen LogP contribution in [0.25, 0.3) is 5.69 Å². The lowest BCUT2D eigenvalue weighted by molar-refractivity contribution is 0.0793. The van der Waals surface area contributed by atoms with Crippen LogP contribution in [0.1, 0.15) is 49.9 Å². The van der Waals surface area contributed by atoms with Crippen LogP contribution in [0.4, 0.5) is 9.18 Å². The normalized spacial score (nSPS) is 15.2. The molecule has 0 saturated carbocycles. The van der Waals surface area contributed by atoms with Gasteiger partial charge in [0.2, 0.25) is 5.88 Å². The van der Waals surface area contributed by atoms with Gasteiger partial charge in [0.05, 0.1) is 29.6 Å². The Bertz CT molecular complexity index is 1160. The summed E-state index contributed by atoms with van der Waals surface area (Å²) < 4.78 is 27.7. The molecule has 8 heteroatoms. The highest BCUT2D eigenvalue weighted by Crippen LogP contribution is 2.33. The Morgan fingerprint density at radius 3 is 2.72 bits per heavy atom. The molecule has 4 rings (SSSR count). The van der Waals surface area contributed by atoms with E-state index in [2.05, 4.69) is 5.32 Å². The number of nitrogens with one attached hydrogen (secondary N) is 1. The zero-order chi connectivity index (χ0) is 25.5. The monoisotopic (exact) mass is 494 g/mol. The maximum Gasteiger partial charge on any atom is 0.317 e. The highest BCUT2D eigenvalue weighted by atomic mass is 19.1. The minimum atomic E-state index is -0.321. The summed E-state index contributed by atoms with van der Waals surface area (Å²) in [4.78, 5) is 15.0. The number of nitrogens with zero attached hydrogens (tertiary/aromatic N) is 3. The fourth-order valence-corrected chi connectivity index (χ4v) is 4.36. The molecule has 1 atom stereocenters. The van der Waals surface area contributed by atoms with Gasteiger partial charge in [0.25, 0.3) is 0 Å². The lowest BCUT2D eigenvalue weighted by atomic mass is 10.1. The summed E-state index contributed by atoms with van der Waals surface area (Å²) in [6, 6.07) is 13.8. The van der Waals surface area contributed by atoms with Crippen molar-refractivity contribution in [2.45, 2.75) is 59.1 Å². The van der Waals surface area contributed by atoms with Crippen molar-refractivity contribution in [3.05, 3.63) is 71.2 Å². The molecule has 7 nitrogen and oxygen atoms in total. The van der Waals surface area contributed by atoms with Crippen LogP contribution in [0.2, 0.25) is 0 Å². The summed E-state index contributed by atoms with van der Waals surface area (Å²) in [6.45, 7) is 8.19. The first-order valence-corrected chi connectivity index (χ1v) is 12.7. The molecule has 0 radical (unpaired) electrons. The van der Waals surface area contributed by atoms with E-state index >= 15 is 0 Å². The third kappa shape index (κ3) is 6.23. The van der Waals surface area contributed by atoms with E-state index in [9.17, 15) is 9.18 Å². The number of urea groups is 1. The largest absolute Gasteiger partial charge is 0.439 e. The molecule has 0 bridgehead atoms. The lowest BCUT2D eigenvalue weighted by Crippen LogP contribution is -2.43. The van der Waals surface area contributed by atoms with Gasteiger partial charge >= 0.3 is 6.03 Å². The van der Waals surface area contributed by atoms with Crippen molar-refractivity contribution in [1.82, 2.24) is 20.0 Å². The van der Waals surface area contributed by atoms with Gasteiger partial charge in [0.1, 0.15) is 11.6 Å². The fraction of sp³-hybridized carbons (Fsp3) is 0.429. The molecule has 2 aromatic carbocycles. The average molecular weight is 495 g/mol. The molecule has 1 aromatic heterocycles. The van der Waals surface area contributed by atoms with Gasteiger partial charge in [0.15, 0.2) is 0 Å². The number of hydrogen-bond donors (Lipinski definition) is 1. The van der Waals surface area contributed by atoms with Crippen LogP contribution < -0.4 is 10.1 Å². The SMILES string of the molecule is CCCNC(=O)N(Cc1c(CC)nn(-c2ccc(F)cc2)c1Oc1cccc(C)c1)C[C@H]1CCCO1. The molecule has 0 spiro atoms. The molecule has 36 heavy (non-hydrogen) atoms. The minimum absolute atomic E-state index is 0.00994. The van der Waals surface area contributed by atoms with Crippen LogP contribution in [0.5, 0.6) is 11.6 Å². The standard InChI is InChI=1S/C28H35FN4O3/c1-4-15-30-28(34)32(18-24-10-7-16-35-24)19-25-26(5-2)31-33(22-13-11-21(29)12-14-22)27(25)36-23-9-6-8-20(3)17-23/h6,8-9,11-14,17,24H,4-5,7,10,15-16,18-19H2,1-3H3,(H,30,34)/t24-/m1/s1. The molecular formula is C28H35FN4O3. The molecule has 1 aliphatic heterocycles. The van der Waals surface area contributed by atoms with Gasteiger partial charge in [-0.15, -0.1) is 0 Å². The maximum absolute atomic E-state index is 13.7. The van der Waals surface area contributed by atoms with E-state index in [-0.39, 0.29) is 18.0 Å². The quantitative estimate of drug-likeness (QED) is 0.388. The van der Waals surface area contributed by atoms with Crippen LogP contribution >= 0.6 is 0 Å². The number of aromatic nitrogens is 2. The van der Waals surface area contributed by atoms with E-state index in [0.29, 0.717) is 43.4 Å². The Labute approximate surface area is 212 Å². The van der Waals surface area contributed by atoms with E-state index < -0.39 is 0 Å². The minimum Gasteiger partial charge on any atom is -0.439 e. The predicted octanol–water partition coefficient (Wildman–Crippen LogP) is 5.78. The van der Waals surface area contributed by atoms with Crippen molar-refractivity contribution in [3.8, 4) is 17.3 Å². The zero-order valence-electron chi connectivity index (χ0n) is 21.3. The molecule has 192 valence electrons. The molecule has 3 aromatic rings. The van der Waals surface area contributed by atoms with Gasteiger partial charge in [-0.1, -0.05) is 26.0 Å². The maximum atomic E-state index is 13.7. The molecule has 0 aliphatic carbocycles. The van der Waals surface area contributed by atoms with Crippen molar-refractivity contribution in [1.29, 1.82) is 0 Å². The first-order valence-electron chi connectivity index (χ1n) is 12.7. The molecule has 1 N–H and O–H groups in total. The molecular weight excluding hydrogens is 459 g/mol. The predicted molar refractivity (Wildman–Crippen MR) is 137 cm³/mol. The summed E-state index contributed by atoms with van der Waals surface area (Å²) in [5, 5.41) is 7.84. The molecule has 1 saturated heterocycles. The summed E-state index contributed by atoms with van der Waals surface area (Å²) in [6.07, 6.45) is 3.44. The highest BCUT2D eigenvalue weighted by molar-refractivity contribution is 5.74. The number of halogens is 1. The molecule has 0 unspecified atom stereocenters. The topological polar surface area (TPSA) is 68.6 Å². The number of ether oxygens (including phenoxy) is 2. The average Bonchev–Trinajstić information content (AvgIpc) is 3.51. The first kappa shape index (κ1) is 25.7. The van der Waals surface area contributed by atoms with Gasteiger partial charge < -0.3 is 19.7 Å². The van der Waals surface area contributed by atoms with Crippen LogP contribution in [-0.2, 0) is 17.7 Å². The number of hydrogen-bond acceptors (Lipinski definition) is 4. The van der Waals surface area contributed by atoms with E-state index in [1.165, 1.54) is 12.1 Å². The fourth-order valence-electron chi connectivity index (χ4n) is 4.36. The van der Waals surface area contributed by atoms with Crippen molar-refractivity contribution in [2.75, 3.05) is 19.7 Å². The first-order chi connectivity index (χ1) is 17.5. The van der Waals surface area contributed by atoms with Crippen molar-refractivity contribution < 1.29 is 18.7 Å². The third-order valence-corrected chi connectivity index (χ3v) is 6.24. The Morgan fingerprint density at radius 2 is 2.06 bits per heavy atom. The Balaban J connectivity index is 1.75. The Hall–Kier alpha value is -3.39. The summed E-state index contributed by atoms with van der Waals surface area (Å²) in [7, 11) is 0. The van der Waals surface area contributed by atoms with Gasteiger partial charge in [0, 0.05) is 19.7 Å². The van der Waals surface area contributed by atoms with Crippen molar-refractivity contribution in [3.63, 3.8) is 0 Å². The molecule has 2 heterocycles. The van der Waals surface area contributed by atoms with Crippen LogP contribution in [0, 0.1) is 12.7 Å². The van der Waals surface area contributed by atoms with E-state index in [1.54, 1.807) is 21.7 Å². The summed E-state index contributed by atoms with van der Waals surface area (Å²) >= 11 is 0. The Kier molecular flexibility index (Phi) is 8.59. The van der Waals surface area contributed by atoms with E-state index in [4.69, 9.17) is 14.6 Å². The van der Waals surface area contributed by atoms with Crippen LogP contribution in [0.15, 0.2) is 48.5 Å². The smallest absolute Gasteiger partial charge is 0.317 e. The summed E-state index contributed by atoms with van der Waals surface area (Å²) in [5.74, 6) is 0.867. The number of aryl methyl sites for hydroxylation is 2. The van der Waals surface area contributed by atoms with Gasteiger partial charge in [-0.05, 0) is 74.6 Å². The lowest BCUT2D eigenvalue weighted by Gasteiger charge is -2.26. The second-order valence-electron chi connectivity index (χ2n) is 9.14. The second kappa shape index (κ2) is 12.0. The number of carbonyl (C=O) groups is 1. The number of benzene rings is 2. The van der Waals surface area contributed by atoms with Gasteiger partial charge in [-0.2, -0.15) is 5.10 Å². The van der Waals surface area contributed by atoms with Crippen LogP contribution in [-0.4, -0.2) is 46.5 Å². The number of carbonyl (C=O) groups excluding carboxylic acids is 1. The highest BCUT2D eigenvalue weighted by Gasteiger charge is 2.27. The second-order valence-corrected chi connectivity index (χ2v) is 9.14. The summed E-state index contributed by atoms with van der Waals surface area (Å²) in [5.41, 5.74) is 3.40. The zero-order valence-corrected chi connectivity index (χ0v) is 21.3. The molecule has 1 fully saturated rings. The van der Waals surface area contributed by atoms with Gasteiger partial charge in [-0.3, -0.25) is 0 Å². The van der Waals surface area contributed by atoms with E-state index in [0.717, 1.165) is 42.7 Å².